The number of rotatable bonds is 3. The average molecular weight is 280 g/mol. The molecule has 3 aromatic rings. The first-order chi connectivity index (χ1) is 9.72. The van der Waals surface area contributed by atoms with Crippen LogP contribution in [0.3, 0.4) is 0 Å². The Morgan fingerprint density at radius 3 is 2.10 bits per heavy atom. The van der Waals surface area contributed by atoms with E-state index in [0.29, 0.717) is 0 Å². The second kappa shape index (κ2) is 5.55. The van der Waals surface area contributed by atoms with Gasteiger partial charge < -0.3 is 0 Å². The van der Waals surface area contributed by atoms with Gasteiger partial charge in [0.15, 0.2) is 0 Å². The van der Waals surface area contributed by atoms with Crippen molar-refractivity contribution in [2.45, 2.75) is 23.6 Å². The van der Waals surface area contributed by atoms with Gasteiger partial charge in [-0.05, 0) is 56.3 Å². The van der Waals surface area contributed by atoms with E-state index in [2.05, 4.69) is 66.6 Å². The fourth-order valence-electron chi connectivity index (χ4n) is 2.17. The summed E-state index contributed by atoms with van der Waals surface area (Å²) in [5.74, 6) is 0. The van der Waals surface area contributed by atoms with E-state index in [-0.39, 0.29) is 0 Å². The number of nitrogens with zero attached hydrogens (tertiary/aromatic N) is 2. The minimum absolute atomic E-state index is 1.05. The Morgan fingerprint density at radius 1 is 0.850 bits per heavy atom. The summed E-state index contributed by atoms with van der Waals surface area (Å²) in [7, 11) is 0. The second-order valence-corrected chi connectivity index (χ2v) is 5.89. The van der Waals surface area contributed by atoms with E-state index in [9.17, 15) is 0 Å². The molecule has 3 heteroatoms. The fourth-order valence-corrected chi connectivity index (χ4v) is 3.01. The van der Waals surface area contributed by atoms with E-state index < -0.39 is 0 Å². The highest BCUT2D eigenvalue weighted by atomic mass is 32.2. The van der Waals surface area contributed by atoms with E-state index in [1.807, 2.05) is 17.7 Å². The lowest BCUT2D eigenvalue weighted by atomic mass is 10.3. The van der Waals surface area contributed by atoms with Crippen LogP contribution in [0, 0.1) is 13.8 Å². The first kappa shape index (κ1) is 13.0. The molecule has 0 amide bonds. The maximum absolute atomic E-state index is 4.50. The van der Waals surface area contributed by atoms with Gasteiger partial charge >= 0.3 is 0 Å². The van der Waals surface area contributed by atoms with E-state index >= 15 is 0 Å². The number of aryl methyl sites for hydroxylation is 2. The van der Waals surface area contributed by atoms with Gasteiger partial charge in [0.1, 0.15) is 0 Å². The van der Waals surface area contributed by atoms with Crippen LogP contribution in [0.2, 0.25) is 0 Å². The molecular formula is C17H16N2S. The minimum Gasteiger partial charge on any atom is -0.238 e. The molecule has 0 radical (unpaired) electrons. The van der Waals surface area contributed by atoms with Crippen LogP contribution < -0.4 is 0 Å². The highest BCUT2D eigenvalue weighted by Gasteiger charge is 2.04. The number of hydrogen-bond acceptors (Lipinski definition) is 2. The van der Waals surface area contributed by atoms with Gasteiger partial charge in [-0.2, -0.15) is 5.10 Å². The second-order valence-electron chi connectivity index (χ2n) is 4.75. The lowest BCUT2D eigenvalue weighted by Crippen LogP contribution is -1.98. The van der Waals surface area contributed by atoms with Gasteiger partial charge in [-0.3, -0.25) is 0 Å². The molecule has 0 aliphatic rings. The Balaban J connectivity index is 1.83. The Kier molecular flexibility index (Phi) is 3.61. The van der Waals surface area contributed by atoms with Gasteiger partial charge in [0.05, 0.1) is 11.4 Å². The fraction of sp³-hybridized carbons (Fsp3) is 0.118. The molecule has 0 aliphatic heterocycles. The van der Waals surface area contributed by atoms with Crippen LogP contribution in [0.15, 0.2) is 70.5 Å². The van der Waals surface area contributed by atoms with E-state index in [4.69, 9.17) is 0 Å². The molecular weight excluding hydrogens is 264 g/mol. The summed E-state index contributed by atoms with van der Waals surface area (Å²) in [4.78, 5) is 2.49. The van der Waals surface area contributed by atoms with Crippen molar-refractivity contribution < 1.29 is 0 Å². The highest BCUT2D eigenvalue weighted by molar-refractivity contribution is 7.99. The van der Waals surface area contributed by atoms with Crippen molar-refractivity contribution in [3.05, 3.63) is 72.1 Å². The predicted molar refractivity (Wildman–Crippen MR) is 83.6 cm³/mol. The van der Waals surface area contributed by atoms with Gasteiger partial charge in [-0.1, -0.05) is 30.0 Å². The topological polar surface area (TPSA) is 17.8 Å². The lowest BCUT2D eigenvalue weighted by molar-refractivity contribution is 0.832. The third-order valence-corrected chi connectivity index (χ3v) is 4.09. The summed E-state index contributed by atoms with van der Waals surface area (Å²) in [5, 5.41) is 4.50. The van der Waals surface area contributed by atoms with Crippen LogP contribution in [-0.4, -0.2) is 9.78 Å². The standard InChI is InChI=1S/C17H16N2S/c1-13-12-14(2)19(18-13)15-8-10-17(11-9-15)20-16-6-4-3-5-7-16/h3-12H,1-2H3. The van der Waals surface area contributed by atoms with Crippen molar-refractivity contribution in [3.63, 3.8) is 0 Å². The Bertz CT molecular complexity index is 700. The Labute approximate surface area is 123 Å². The monoisotopic (exact) mass is 280 g/mol. The molecule has 0 unspecified atom stereocenters. The zero-order chi connectivity index (χ0) is 13.9. The van der Waals surface area contributed by atoms with E-state index in [1.165, 1.54) is 9.79 Å². The molecule has 0 fully saturated rings. The summed E-state index contributed by atoms with van der Waals surface area (Å²) >= 11 is 1.77. The molecule has 0 aliphatic carbocycles. The number of aromatic nitrogens is 2. The summed E-state index contributed by atoms with van der Waals surface area (Å²) in [6.07, 6.45) is 0. The molecule has 1 aromatic heterocycles. The molecule has 0 N–H and O–H groups in total. The maximum Gasteiger partial charge on any atom is 0.0649 e. The van der Waals surface area contributed by atoms with Crippen LogP contribution >= 0.6 is 11.8 Å². The number of benzene rings is 2. The van der Waals surface area contributed by atoms with Gasteiger partial charge in [-0.15, -0.1) is 0 Å². The van der Waals surface area contributed by atoms with Crippen LogP contribution in [0.1, 0.15) is 11.4 Å². The quantitative estimate of drug-likeness (QED) is 0.695. The molecule has 0 saturated heterocycles. The van der Waals surface area contributed by atoms with Gasteiger partial charge in [0, 0.05) is 15.5 Å². The number of hydrogen-bond donors (Lipinski definition) is 0. The van der Waals surface area contributed by atoms with Crippen LogP contribution in [-0.2, 0) is 0 Å². The molecule has 1 heterocycles. The molecule has 20 heavy (non-hydrogen) atoms. The molecule has 3 rings (SSSR count). The minimum atomic E-state index is 1.05. The third-order valence-electron chi connectivity index (χ3n) is 3.07. The first-order valence-electron chi connectivity index (χ1n) is 6.59. The molecule has 0 spiro atoms. The van der Waals surface area contributed by atoms with Crippen molar-refractivity contribution in [3.8, 4) is 5.69 Å². The summed E-state index contributed by atoms with van der Waals surface area (Å²) in [6, 6.07) is 21.0. The van der Waals surface area contributed by atoms with Crippen LogP contribution in [0.25, 0.3) is 5.69 Å². The van der Waals surface area contributed by atoms with Crippen molar-refractivity contribution in [1.82, 2.24) is 9.78 Å². The average Bonchev–Trinajstić information content (AvgIpc) is 2.80. The molecule has 0 saturated carbocycles. The first-order valence-corrected chi connectivity index (χ1v) is 7.40. The molecule has 2 aromatic carbocycles. The third kappa shape index (κ3) is 2.78. The van der Waals surface area contributed by atoms with Crippen molar-refractivity contribution in [2.24, 2.45) is 0 Å². The summed E-state index contributed by atoms with van der Waals surface area (Å²) in [5.41, 5.74) is 3.31. The van der Waals surface area contributed by atoms with E-state index in [0.717, 1.165) is 17.1 Å². The zero-order valence-electron chi connectivity index (χ0n) is 11.6. The van der Waals surface area contributed by atoms with E-state index in [1.54, 1.807) is 11.8 Å². The van der Waals surface area contributed by atoms with Crippen LogP contribution in [0.5, 0.6) is 0 Å². The summed E-state index contributed by atoms with van der Waals surface area (Å²) < 4.78 is 1.98. The summed E-state index contributed by atoms with van der Waals surface area (Å²) in [6.45, 7) is 4.09. The zero-order valence-corrected chi connectivity index (χ0v) is 12.4. The predicted octanol–water partition coefficient (Wildman–Crippen LogP) is 4.64. The molecule has 0 atom stereocenters. The van der Waals surface area contributed by atoms with Gasteiger partial charge in [0.2, 0.25) is 0 Å². The maximum atomic E-state index is 4.50. The van der Waals surface area contributed by atoms with Crippen molar-refractivity contribution >= 4 is 11.8 Å². The van der Waals surface area contributed by atoms with Gasteiger partial charge in [0.25, 0.3) is 0 Å². The van der Waals surface area contributed by atoms with Gasteiger partial charge in [-0.25, -0.2) is 4.68 Å². The largest absolute Gasteiger partial charge is 0.238 e. The lowest BCUT2D eigenvalue weighted by Gasteiger charge is -2.06. The highest BCUT2D eigenvalue weighted by Crippen LogP contribution is 2.28. The van der Waals surface area contributed by atoms with Crippen molar-refractivity contribution in [1.29, 1.82) is 0 Å². The van der Waals surface area contributed by atoms with Crippen LogP contribution in [0.4, 0.5) is 0 Å². The molecule has 100 valence electrons. The SMILES string of the molecule is Cc1cc(C)n(-c2ccc(Sc3ccccc3)cc2)n1. The Hall–Kier alpha value is -2.00. The Morgan fingerprint density at radius 2 is 1.50 bits per heavy atom. The van der Waals surface area contributed by atoms with Crippen molar-refractivity contribution in [2.75, 3.05) is 0 Å². The molecule has 2 nitrogen and oxygen atoms in total. The smallest absolute Gasteiger partial charge is 0.0649 e. The molecule has 0 bridgehead atoms. The normalized spacial score (nSPS) is 10.7.